The quantitative estimate of drug-likeness (QED) is 0.827. The second kappa shape index (κ2) is 5.64. The van der Waals surface area contributed by atoms with Gasteiger partial charge in [-0.1, -0.05) is 12.1 Å². The molecule has 0 aliphatic rings. The topological polar surface area (TPSA) is 39.1 Å². The summed E-state index contributed by atoms with van der Waals surface area (Å²) in [5.74, 6) is 0.347. The maximum atomic E-state index is 13.8. The van der Waals surface area contributed by atoms with Crippen molar-refractivity contribution in [2.75, 3.05) is 25.6 Å². The van der Waals surface area contributed by atoms with Crippen LogP contribution in [0.2, 0.25) is 0 Å². The summed E-state index contributed by atoms with van der Waals surface area (Å²) in [6.45, 7) is 3.07. The molecular formula is C13H16FN3O. The summed E-state index contributed by atoms with van der Waals surface area (Å²) in [4.78, 5) is 4.33. The lowest BCUT2D eigenvalue weighted by molar-refractivity contribution is 0.210. The number of halogens is 1. The van der Waals surface area contributed by atoms with E-state index in [0.717, 1.165) is 5.69 Å². The van der Waals surface area contributed by atoms with Crippen LogP contribution in [0.5, 0.6) is 0 Å². The first-order valence-corrected chi connectivity index (χ1v) is 5.76. The molecule has 0 bridgehead atoms. The van der Waals surface area contributed by atoms with Gasteiger partial charge in [0.1, 0.15) is 5.82 Å². The highest BCUT2D eigenvalue weighted by Gasteiger charge is 2.10. The van der Waals surface area contributed by atoms with Crippen molar-refractivity contribution in [1.29, 1.82) is 0 Å². The Labute approximate surface area is 105 Å². The summed E-state index contributed by atoms with van der Waals surface area (Å²) in [5.41, 5.74) is 1.32. The van der Waals surface area contributed by atoms with Gasteiger partial charge in [-0.2, -0.15) is 0 Å². The monoisotopic (exact) mass is 249 g/mol. The largest absolute Gasteiger partial charge is 0.383 e. The van der Waals surface area contributed by atoms with E-state index >= 15 is 0 Å². The zero-order valence-electron chi connectivity index (χ0n) is 10.5. The van der Waals surface area contributed by atoms with Gasteiger partial charge >= 0.3 is 0 Å². The van der Waals surface area contributed by atoms with Crippen LogP contribution in [0.15, 0.2) is 30.5 Å². The van der Waals surface area contributed by atoms with Crippen molar-refractivity contribution in [3.8, 4) is 5.69 Å². The van der Waals surface area contributed by atoms with Crippen LogP contribution in [-0.4, -0.2) is 29.8 Å². The highest BCUT2D eigenvalue weighted by atomic mass is 19.1. The minimum Gasteiger partial charge on any atom is -0.383 e. The van der Waals surface area contributed by atoms with E-state index in [2.05, 4.69) is 10.3 Å². The van der Waals surface area contributed by atoms with E-state index in [1.165, 1.54) is 6.07 Å². The number of rotatable bonds is 5. The molecule has 4 nitrogen and oxygen atoms in total. The molecule has 2 rings (SSSR count). The highest BCUT2D eigenvalue weighted by Crippen LogP contribution is 2.19. The molecule has 0 spiro atoms. The van der Waals surface area contributed by atoms with E-state index < -0.39 is 0 Å². The molecule has 0 saturated carbocycles. The van der Waals surface area contributed by atoms with E-state index in [1.807, 2.05) is 6.92 Å². The zero-order valence-corrected chi connectivity index (χ0v) is 10.5. The van der Waals surface area contributed by atoms with E-state index in [1.54, 1.807) is 36.1 Å². The third-order valence-electron chi connectivity index (χ3n) is 2.53. The Morgan fingerprint density at radius 3 is 2.89 bits per heavy atom. The molecule has 1 N–H and O–H groups in total. The SMILES string of the molecule is COCCNc1nc(C)cn1-c1ccccc1F. The van der Waals surface area contributed by atoms with E-state index in [0.29, 0.717) is 24.8 Å². The third-order valence-corrected chi connectivity index (χ3v) is 2.53. The summed E-state index contributed by atoms with van der Waals surface area (Å²) < 4.78 is 20.4. The zero-order chi connectivity index (χ0) is 13.0. The number of nitrogens with one attached hydrogen (secondary N) is 1. The van der Waals surface area contributed by atoms with Crippen molar-refractivity contribution in [1.82, 2.24) is 9.55 Å². The molecule has 2 aromatic rings. The Balaban J connectivity index is 2.30. The molecule has 0 radical (unpaired) electrons. The highest BCUT2D eigenvalue weighted by molar-refractivity contribution is 5.43. The van der Waals surface area contributed by atoms with Gasteiger partial charge < -0.3 is 10.1 Å². The van der Waals surface area contributed by atoms with E-state index in [4.69, 9.17) is 4.74 Å². The molecular weight excluding hydrogens is 233 g/mol. The van der Waals surface area contributed by atoms with Crippen LogP contribution in [0.3, 0.4) is 0 Å². The molecule has 18 heavy (non-hydrogen) atoms. The van der Waals surface area contributed by atoms with Crippen LogP contribution >= 0.6 is 0 Å². The van der Waals surface area contributed by atoms with Gasteiger partial charge in [0.15, 0.2) is 0 Å². The van der Waals surface area contributed by atoms with Crippen LogP contribution in [0.25, 0.3) is 5.69 Å². The molecule has 1 aromatic carbocycles. The van der Waals surface area contributed by atoms with Gasteiger partial charge in [0.25, 0.3) is 0 Å². The van der Waals surface area contributed by atoms with Crippen LogP contribution in [0.1, 0.15) is 5.69 Å². The number of imidazole rings is 1. The van der Waals surface area contributed by atoms with Gasteiger partial charge in [-0.05, 0) is 19.1 Å². The maximum absolute atomic E-state index is 13.8. The van der Waals surface area contributed by atoms with Crippen LogP contribution in [0.4, 0.5) is 10.3 Å². The molecule has 0 aliphatic carbocycles. The summed E-state index contributed by atoms with van der Waals surface area (Å²) >= 11 is 0. The number of anilines is 1. The van der Waals surface area contributed by atoms with Gasteiger partial charge in [-0.25, -0.2) is 9.37 Å². The second-order valence-electron chi connectivity index (χ2n) is 3.95. The van der Waals surface area contributed by atoms with Crippen molar-refractivity contribution in [3.63, 3.8) is 0 Å². The van der Waals surface area contributed by atoms with Crippen LogP contribution < -0.4 is 5.32 Å². The first-order valence-electron chi connectivity index (χ1n) is 5.76. The Morgan fingerprint density at radius 1 is 1.39 bits per heavy atom. The smallest absolute Gasteiger partial charge is 0.207 e. The Kier molecular flexibility index (Phi) is 3.94. The fourth-order valence-electron chi connectivity index (χ4n) is 1.72. The summed E-state index contributed by atoms with van der Waals surface area (Å²) in [6.07, 6.45) is 1.80. The molecule has 96 valence electrons. The number of aromatic nitrogens is 2. The molecule has 0 aliphatic heterocycles. The van der Waals surface area contributed by atoms with Crippen molar-refractivity contribution >= 4 is 5.95 Å². The van der Waals surface area contributed by atoms with Crippen molar-refractivity contribution in [3.05, 3.63) is 42.0 Å². The number of hydrogen-bond donors (Lipinski definition) is 1. The number of methoxy groups -OCH3 is 1. The van der Waals surface area contributed by atoms with Crippen molar-refractivity contribution in [2.45, 2.75) is 6.92 Å². The first-order chi connectivity index (χ1) is 8.72. The summed E-state index contributed by atoms with van der Waals surface area (Å²) in [6, 6.07) is 6.62. The lowest BCUT2D eigenvalue weighted by atomic mass is 10.3. The lowest BCUT2D eigenvalue weighted by Gasteiger charge is -2.10. The maximum Gasteiger partial charge on any atom is 0.207 e. The molecule has 1 heterocycles. The third kappa shape index (κ3) is 2.68. The van der Waals surface area contributed by atoms with Crippen LogP contribution in [0, 0.1) is 12.7 Å². The normalized spacial score (nSPS) is 10.6. The van der Waals surface area contributed by atoms with Gasteiger partial charge in [-0.15, -0.1) is 0 Å². The minimum absolute atomic E-state index is 0.273. The number of nitrogens with zero attached hydrogens (tertiary/aromatic N) is 2. The number of para-hydroxylation sites is 1. The average molecular weight is 249 g/mol. The molecule has 0 unspecified atom stereocenters. The first kappa shape index (κ1) is 12.6. The van der Waals surface area contributed by atoms with E-state index in [9.17, 15) is 4.39 Å². The summed E-state index contributed by atoms with van der Waals surface area (Å²) in [7, 11) is 1.64. The predicted molar refractivity (Wildman–Crippen MR) is 68.6 cm³/mol. The Hall–Kier alpha value is -1.88. The van der Waals surface area contributed by atoms with Crippen molar-refractivity contribution in [2.24, 2.45) is 0 Å². The summed E-state index contributed by atoms with van der Waals surface area (Å²) in [5, 5.41) is 3.12. The fourth-order valence-corrected chi connectivity index (χ4v) is 1.72. The van der Waals surface area contributed by atoms with Gasteiger partial charge in [0.2, 0.25) is 5.95 Å². The molecule has 0 saturated heterocycles. The Bertz CT molecular complexity index is 525. The fraction of sp³-hybridized carbons (Fsp3) is 0.308. The number of aryl methyl sites for hydroxylation is 1. The molecule has 1 aromatic heterocycles. The average Bonchev–Trinajstić information content (AvgIpc) is 2.71. The van der Waals surface area contributed by atoms with E-state index in [-0.39, 0.29) is 5.82 Å². The standard InChI is InChI=1S/C13H16FN3O/c1-10-9-17(12-6-4-3-5-11(12)14)13(16-10)15-7-8-18-2/h3-6,9H,7-8H2,1-2H3,(H,15,16). The second-order valence-corrected chi connectivity index (χ2v) is 3.95. The Morgan fingerprint density at radius 2 is 2.17 bits per heavy atom. The number of hydrogen-bond acceptors (Lipinski definition) is 3. The van der Waals surface area contributed by atoms with Gasteiger partial charge in [-0.3, -0.25) is 4.57 Å². The van der Waals surface area contributed by atoms with Crippen LogP contribution in [-0.2, 0) is 4.74 Å². The molecule has 0 fully saturated rings. The number of ether oxygens (including phenoxy) is 1. The molecule has 0 amide bonds. The predicted octanol–water partition coefficient (Wildman–Crippen LogP) is 2.38. The van der Waals surface area contributed by atoms with Gasteiger partial charge in [0.05, 0.1) is 18.0 Å². The molecule has 0 atom stereocenters. The minimum atomic E-state index is -0.273. The van der Waals surface area contributed by atoms with Gasteiger partial charge in [0, 0.05) is 19.9 Å². The lowest BCUT2D eigenvalue weighted by Crippen LogP contribution is -2.12. The number of benzene rings is 1. The molecule has 5 heteroatoms. The van der Waals surface area contributed by atoms with Crippen molar-refractivity contribution < 1.29 is 9.13 Å².